The predicted molar refractivity (Wildman–Crippen MR) is 128 cm³/mol. The molecule has 0 aromatic carbocycles. The molecule has 4 heterocycles. The summed E-state index contributed by atoms with van der Waals surface area (Å²) in [4.78, 5) is 27.4. The topological polar surface area (TPSA) is 93.2 Å². The molecule has 4 aromatic heterocycles. The number of hydrogen-bond acceptors (Lipinski definition) is 6. The van der Waals surface area contributed by atoms with E-state index in [0.717, 1.165) is 36.8 Å². The molecule has 35 heavy (non-hydrogen) atoms. The monoisotopic (exact) mass is 482 g/mol. The normalized spacial score (nSPS) is 18.5. The molecule has 5 rings (SSSR count). The van der Waals surface area contributed by atoms with Crippen LogP contribution in [0.25, 0.3) is 27.9 Å². The van der Waals surface area contributed by atoms with Gasteiger partial charge in [-0.25, -0.2) is 28.2 Å². The van der Waals surface area contributed by atoms with Gasteiger partial charge >= 0.3 is 0 Å². The number of amides is 1. The summed E-state index contributed by atoms with van der Waals surface area (Å²) in [5.74, 6) is 1.31. The SMILES string of the molecule is Cc1nc2ccc(-c3ccn4nc(N[C@H]5CC[C@@H](C(=O)N(C)C)CC5)ncc34)nc2n1CC(F)F. The molecule has 0 aliphatic heterocycles. The Labute approximate surface area is 201 Å². The molecule has 4 aromatic rings. The Bertz CT molecular complexity index is 1370. The van der Waals surface area contributed by atoms with E-state index < -0.39 is 13.0 Å². The third kappa shape index (κ3) is 4.54. The number of aryl methyl sites for hydroxylation is 1. The number of carbonyl (C=O) groups is 1. The zero-order chi connectivity index (χ0) is 24.7. The van der Waals surface area contributed by atoms with Crippen molar-refractivity contribution in [2.24, 2.45) is 5.92 Å². The van der Waals surface area contributed by atoms with Crippen LogP contribution in [0.3, 0.4) is 0 Å². The summed E-state index contributed by atoms with van der Waals surface area (Å²) >= 11 is 0. The Balaban J connectivity index is 1.35. The largest absolute Gasteiger partial charge is 0.350 e. The lowest BCUT2D eigenvalue weighted by Crippen LogP contribution is -2.35. The standard InChI is InChI=1S/C24H28F2N8O/c1-14-28-19-9-8-18(30-22(19)33(14)13-21(25)26)17-10-11-34-20(17)12-27-24(31-34)29-16-6-4-15(5-7-16)23(35)32(2)3/h8-12,15-16,21H,4-7,13H2,1-3H3,(H,29,31)/t15-,16+. The summed E-state index contributed by atoms with van der Waals surface area (Å²) in [6.07, 6.45) is 4.55. The zero-order valence-corrected chi connectivity index (χ0v) is 19.9. The van der Waals surface area contributed by atoms with Gasteiger partial charge in [-0.2, -0.15) is 0 Å². The van der Waals surface area contributed by atoms with Crippen LogP contribution in [0, 0.1) is 12.8 Å². The van der Waals surface area contributed by atoms with Gasteiger partial charge in [-0.3, -0.25) is 4.79 Å². The van der Waals surface area contributed by atoms with E-state index in [0.29, 0.717) is 28.6 Å². The highest BCUT2D eigenvalue weighted by atomic mass is 19.3. The first-order valence-corrected chi connectivity index (χ1v) is 11.7. The maximum atomic E-state index is 13.1. The average Bonchev–Trinajstić information content (AvgIpc) is 3.39. The molecule has 11 heteroatoms. The van der Waals surface area contributed by atoms with E-state index in [1.807, 2.05) is 18.3 Å². The number of hydrogen-bond donors (Lipinski definition) is 1. The molecule has 0 radical (unpaired) electrons. The van der Waals surface area contributed by atoms with Crippen molar-refractivity contribution in [3.8, 4) is 11.3 Å². The molecular weight excluding hydrogens is 454 g/mol. The van der Waals surface area contributed by atoms with Crippen LogP contribution >= 0.6 is 0 Å². The molecule has 1 saturated carbocycles. The summed E-state index contributed by atoms with van der Waals surface area (Å²) in [6.45, 7) is 1.26. The average molecular weight is 483 g/mol. The molecule has 0 saturated heterocycles. The lowest BCUT2D eigenvalue weighted by atomic mass is 9.85. The molecule has 1 N–H and O–H groups in total. The maximum Gasteiger partial charge on any atom is 0.256 e. The number of pyridine rings is 1. The van der Waals surface area contributed by atoms with Crippen molar-refractivity contribution in [2.75, 3.05) is 19.4 Å². The minimum Gasteiger partial charge on any atom is -0.350 e. The Morgan fingerprint density at radius 3 is 2.66 bits per heavy atom. The number of aromatic nitrogens is 6. The molecule has 9 nitrogen and oxygen atoms in total. The van der Waals surface area contributed by atoms with Gasteiger partial charge in [0.05, 0.1) is 24.0 Å². The van der Waals surface area contributed by atoms with Gasteiger partial charge in [0.2, 0.25) is 11.9 Å². The van der Waals surface area contributed by atoms with E-state index >= 15 is 0 Å². The molecule has 1 fully saturated rings. The van der Waals surface area contributed by atoms with Crippen LogP contribution in [-0.2, 0) is 11.3 Å². The second-order valence-electron chi connectivity index (χ2n) is 9.27. The molecule has 184 valence electrons. The quantitative estimate of drug-likeness (QED) is 0.450. The fourth-order valence-corrected chi connectivity index (χ4v) is 4.84. The lowest BCUT2D eigenvalue weighted by molar-refractivity contribution is -0.133. The van der Waals surface area contributed by atoms with Crippen molar-refractivity contribution in [3.05, 3.63) is 36.4 Å². The number of nitrogens with zero attached hydrogens (tertiary/aromatic N) is 7. The molecule has 0 spiro atoms. The van der Waals surface area contributed by atoms with Gasteiger partial charge in [0.15, 0.2) is 5.65 Å². The predicted octanol–water partition coefficient (Wildman–Crippen LogP) is 3.77. The Kier molecular flexibility index (Phi) is 6.08. The van der Waals surface area contributed by atoms with Gasteiger partial charge in [0.1, 0.15) is 11.3 Å². The number of carbonyl (C=O) groups excluding carboxylic acids is 1. The van der Waals surface area contributed by atoms with Crippen molar-refractivity contribution in [1.29, 1.82) is 0 Å². The van der Waals surface area contributed by atoms with E-state index in [2.05, 4.69) is 25.4 Å². The van der Waals surface area contributed by atoms with Crippen LogP contribution in [0.5, 0.6) is 0 Å². The van der Waals surface area contributed by atoms with Crippen LogP contribution < -0.4 is 5.32 Å². The van der Waals surface area contributed by atoms with Crippen LogP contribution in [0.4, 0.5) is 14.7 Å². The molecule has 1 aliphatic carbocycles. The number of anilines is 1. The molecule has 0 unspecified atom stereocenters. The highest BCUT2D eigenvalue weighted by molar-refractivity contribution is 5.82. The van der Waals surface area contributed by atoms with Crippen molar-refractivity contribution < 1.29 is 13.6 Å². The first kappa shape index (κ1) is 23.1. The number of imidazole rings is 1. The lowest BCUT2D eigenvalue weighted by Gasteiger charge is -2.29. The van der Waals surface area contributed by atoms with E-state index in [1.54, 1.807) is 42.7 Å². The second kappa shape index (κ2) is 9.20. The highest BCUT2D eigenvalue weighted by Gasteiger charge is 2.27. The summed E-state index contributed by atoms with van der Waals surface area (Å²) in [7, 11) is 3.60. The fourth-order valence-electron chi connectivity index (χ4n) is 4.84. The first-order valence-electron chi connectivity index (χ1n) is 11.7. The summed E-state index contributed by atoms with van der Waals surface area (Å²) in [5, 5.41) is 7.99. The molecule has 0 bridgehead atoms. The Hall–Kier alpha value is -3.63. The van der Waals surface area contributed by atoms with E-state index in [4.69, 9.17) is 0 Å². The number of nitrogens with one attached hydrogen (secondary N) is 1. The summed E-state index contributed by atoms with van der Waals surface area (Å²) in [6, 6.07) is 5.73. The third-order valence-corrected chi connectivity index (χ3v) is 6.65. The molecule has 1 aliphatic rings. The van der Waals surface area contributed by atoms with Gasteiger partial charge in [-0.1, -0.05) is 0 Å². The van der Waals surface area contributed by atoms with E-state index in [9.17, 15) is 13.6 Å². The summed E-state index contributed by atoms with van der Waals surface area (Å²) < 4.78 is 29.3. The first-order chi connectivity index (χ1) is 16.8. The van der Waals surface area contributed by atoms with Crippen molar-refractivity contribution >= 4 is 28.5 Å². The third-order valence-electron chi connectivity index (χ3n) is 6.65. The second-order valence-corrected chi connectivity index (χ2v) is 9.27. The van der Waals surface area contributed by atoms with E-state index in [1.165, 1.54) is 4.57 Å². The Morgan fingerprint density at radius 2 is 1.94 bits per heavy atom. The highest BCUT2D eigenvalue weighted by Crippen LogP contribution is 2.29. The van der Waals surface area contributed by atoms with Gasteiger partial charge in [0.25, 0.3) is 6.43 Å². The maximum absolute atomic E-state index is 13.1. The minimum absolute atomic E-state index is 0.0871. The van der Waals surface area contributed by atoms with Crippen LogP contribution in [0.1, 0.15) is 31.5 Å². The van der Waals surface area contributed by atoms with E-state index in [-0.39, 0.29) is 17.9 Å². The van der Waals surface area contributed by atoms with Crippen LogP contribution in [0.15, 0.2) is 30.6 Å². The number of rotatable bonds is 6. The Morgan fingerprint density at radius 1 is 1.17 bits per heavy atom. The number of fused-ring (bicyclic) bond motifs is 2. The number of halogens is 2. The van der Waals surface area contributed by atoms with Gasteiger partial charge in [-0.15, -0.1) is 5.10 Å². The summed E-state index contributed by atoms with van der Waals surface area (Å²) in [5.41, 5.74) is 3.23. The minimum atomic E-state index is -2.49. The van der Waals surface area contributed by atoms with Gasteiger partial charge in [0, 0.05) is 37.8 Å². The number of alkyl halides is 2. The molecule has 0 atom stereocenters. The fraction of sp³-hybridized carbons (Fsp3) is 0.458. The zero-order valence-electron chi connectivity index (χ0n) is 19.9. The van der Waals surface area contributed by atoms with Crippen molar-refractivity contribution in [3.63, 3.8) is 0 Å². The van der Waals surface area contributed by atoms with Gasteiger partial charge in [-0.05, 0) is 50.8 Å². The molecule has 1 amide bonds. The van der Waals surface area contributed by atoms with Gasteiger partial charge < -0.3 is 14.8 Å². The van der Waals surface area contributed by atoms with Crippen LogP contribution in [0.2, 0.25) is 0 Å². The molecular formula is C24H28F2N8O. The van der Waals surface area contributed by atoms with Crippen molar-refractivity contribution in [1.82, 2.24) is 34.0 Å². The van der Waals surface area contributed by atoms with Crippen molar-refractivity contribution in [2.45, 2.75) is 51.6 Å². The van der Waals surface area contributed by atoms with Crippen LogP contribution in [-0.4, -0.2) is 66.5 Å². The smallest absolute Gasteiger partial charge is 0.256 e.